The molecule has 0 aliphatic carbocycles. The van der Waals surface area contributed by atoms with E-state index in [2.05, 4.69) is 18.2 Å². The third kappa shape index (κ3) is 1.92. The van der Waals surface area contributed by atoms with Crippen LogP contribution in [0.15, 0.2) is 54.6 Å². The van der Waals surface area contributed by atoms with Crippen molar-refractivity contribution in [2.45, 2.75) is 12.2 Å². The Bertz CT molecular complexity index is 507. The van der Waals surface area contributed by atoms with Crippen LogP contribution < -0.4 is 4.74 Å². The van der Waals surface area contributed by atoms with Crippen molar-refractivity contribution >= 4 is 0 Å². The van der Waals surface area contributed by atoms with E-state index in [9.17, 15) is 0 Å². The minimum Gasteiger partial charge on any atom is -0.496 e. The second kappa shape index (κ2) is 4.22. The smallest absolute Gasteiger partial charge is 0.124 e. The molecule has 86 valence electrons. The molecule has 1 fully saturated rings. The highest BCUT2D eigenvalue weighted by Crippen LogP contribution is 2.52. The predicted octanol–water partition coefficient (Wildman–Crippen LogP) is 3.51. The Morgan fingerprint density at radius 3 is 2.35 bits per heavy atom. The second-order valence-electron chi connectivity index (χ2n) is 4.13. The molecule has 0 spiro atoms. The number of para-hydroxylation sites is 1. The molecule has 0 radical (unpaired) electrons. The molecule has 2 heteroatoms. The van der Waals surface area contributed by atoms with Crippen molar-refractivity contribution in [3.05, 3.63) is 65.7 Å². The lowest BCUT2D eigenvalue weighted by Gasteiger charge is -2.04. The Labute approximate surface area is 101 Å². The van der Waals surface area contributed by atoms with Crippen molar-refractivity contribution in [1.29, 1.82) is 0 Å². The molecule has 1 aliphatic rings. The van der Waals surface area contributed by atoms with Gasteiger partial charge in [-0.3, -0.25) is 0 Å². The Hall–Kier alpha value is -1.80. The summed E-state index contributed by atoms with van der Waals surface area (Å²) in [5.41, 5.74) is 2.35. The van der Waals surface area contributed by atoms with E-state index in [1.54, 1.807) is 7.11 Å². The molecule has 0 saturated carbocycles. The summed E-state index contributed by atoms with van der Waals surface area (Å²) in [5.74, 6) is 0.899. The lowest BCUT2D eigenvalue weighted by molar-refractivity contribution is 0.364. The third-order valence-electron chi connectivity index (χ3n) is 3.07. The molecule has 1 saturated heterocycles. The van der Waals surface area contributed by atoms with Gasteiger partial charge in [0.25, 0.3) is 0 Å². The van der Waals surface area contributed by atoms with Crippen molar-refractivity contribution in [3.8, 4) is 5.75 Å². The van der Waals surface area contributed by atoms with Gasteiger partial charge >= 0.3 is 0 Å². The Morgan fingerprint density at radius 2 is 1.59 bits per heavy atom. The van der Waals surface area contributed by atoms with E-state index in [4.69, 9.17) is 9.47 Å². The topological polar surface area (TPSA) is 21.8 Å². The molecule has 3 rings (SSSR count). The molecular weight excluding hydrogens is 212 g/mol. The number of ether oxygens (including phenoxy) is 2. The van der Waals surface area contributed by atoms with Gasteiger partial charge < -0.3 is 9.47 Å². The minimum atomic E-state index is 0.133. The summed E-state index contributed by atoms with van der Waals surface area (Å²) < 4.78 is 11.1. The number of rotatable bonds is 3. The zero-order valence-corrected chi connectivity index (χ0v) is 9.67. The summed E-state index contributed by atoms with van der Waals surface area (Å²) in [6.45, 7) is 0. The van der Waals surface area contributed by atoms with Crippen LogP contribution in [0.1, 0.15) is 23.3 Å². The molecule has 0 N–H and O–H groups in total. The number of epoxide rings is 1. The first-order valence-electron chi connectivity index (χ1n) is 5.73. The van der Waals surface area contributed by atoms with Gasteiger partial charge in [0.05, 0.1) is 7.11 Å². The first-order valence-corrected chi connectivity index (χ1v) is 5.73. The highest BCUT2D eigenvalue weighted by Gasteiger charge is 2.42. The SMILES string of the molecule is COc1ccccc1[C@@H]1O[C@H]1c1ccccc1. The van der Waals surface area contributed by atoms with E-state index in [1.165, 1.54) is 5.56 Å². The maximum absolute atomic E-state index is 5.75. The van der Waals surface area contributed by atoms with Gasteiger partial charge in [-0.1, -0.05) is 48.5 Å². The van der Waals surface area contributed by atoms with Crippen LogP contribution in [0, 0.1) is 0 Å². The lowest BCUT2D eigenvalue weighted by Crippen LogP contribution is -1.90. The van der Waals surface area contributed by atoms with E-state index >= 15 is 0 Å². The van der Waals surface area contributed by atoms with Crippen molar-refractivity contribution in [2.24, 2.45) is 0 Å². The van der Waals surface area contributed by atoms with Gasteiger partial charge in [-0.15, -0.1) is 0 Å². The van der Waals surface area contributed by atoms with Crippen molar-refractivity contribution < 1.29 is 9.47 Å². The van der Waals surface area contributed by atoms with Crippen LogP contribution in [-0.4, -0.2) is 7.11 Å². The average Bonchev–Trinajstić information content (AvgIpc) is 3.20. The third-order valence-corrected chi connectivity index (χ3v) is 3.07. The highest BCUT2D eigenvalue weighted by molar-refractivity contribution is 5.39. The van der Waals surface area contributed by atoms with Crippen molar-refractivity contribution in [2.75, 3.05) is 7.11 Å². The number of hydrogen-bond acceptors (Lipinski definition) is 2. The van der Waals surface area contributed by atoms with Gasteiger partial charge in [0.2, 0.25) is 0 Å². The maximum Gasteiger partial charge on any atom is 0.124 e. The monoisotopic (exact) mass is 226 g/mol. The maximum atomic E-state index is 5.75. The summed E-state index contributed by atoms with van der Waals surface area (Å²) >= 11 is 0. The fourth-order valence-electron chi connectivity index (χ4n) is 2.15. The first-order chi connectivity index (χ1) is 8.40. The summed E-state index contributed by atoms with van der Waals surface area (Å²) in [6.07, 6.45) is 0.307. The molecule has 17 heavy (non-hydrogen) atoms. The van der Waals surface area contributed by atoms with Crippen molar-refractivity contribution in [3.63, 3.8) is 0 Å². The first kappa shape index (κ1) is 10.4. The molecule has 2 nitrogen and oxygen atoms in total. The molecule has 0 bridgehead atoms. The van der Waals surface area contributed by atoms with Crippen molar-refractivity contribution in [1.82, 2.24) is 0 Å². The fourth-order valence-corrected chi connectivity index (χ4v) is 2.15. The van der Waals surface area contributed by atoms with Gasteiger partial charge in [0, 0.05) is 5.56 Å². The number of benzene rings is 2. The van der Waals surface area contributed by atoms with Crippen LogP contribution >= 0.6 is 0 Å². The number of hydrogen-bond donors (Lipinski definition) is 0. The summed E-state index contributed by atoms with van der Waals surface area (Å²) in [6, 6.07) is 18.3. The van der Waals surface area contributed by atoms with Gasteiger partial charge in [0.15, 0.2) is 0 Å². The molecule has 0 aromatic heterocycles. The van der Waals surface area contributed by atoms with Gasteiger partial charge in [-0.2, -0.15) is 0 Å². The van der Waals surface area contributed by atoms with Gasteiger partial charge in [0.1, 0.15) is 18.0 Å². The molecule has 2 aromatic carbocycles. The van der Waals surface area contributed by atoms with E-state index in [0.29, 0.717) is 0 Å². The van der Waals surface area contributed by atoms with Gasteiger partial charge in [-0.25, -0.2) is 0 Å². The Balaban J connectivity index is 1.85. The van der Waals surface area contributed by atoms with Crippen LogP contribution in [0.2, 0.25) is 0 Å². The minimum absolute atomic E-state index is 0.133. The molecule has 2 atom stereocenters. The average molecular weight is 226 g/mol. The summed E-state index contributed by atoms with van der Waals surface area (Å²) in [4.78, 5) is 0. The summed E-state index contributed by atoms with van der Waals surface area (Å²) in [7, 11) is 1.69. The zero-order valence-electron chi connectivity index (χ0n) is 9.67. The van der Waals surface area contributed by atoms with Gasteiger partial charge in [-0.05, 0) is 11.6 Å². The second-order valence-corrected chi connectivity index (χ2v) is 4.13. The largest absolute Gasteiger partial charge is 0.496 e. The number of methoxy groups -OCH3 is 1. The standard InChI is InChI=1S/C15H14O2/c1-16-13-10-6-5-9-12(13)15-14(17-15)11-7-3-2-4-8-11/h2-10,14-15H,1H3/t14-,15-/m0/s1. The molecule has 0 amide bonds. The molecule has 1 aliphatic heterocycles. The molecule has 1 heterocycles. The quantitative estimate of drug-likeness (QED) is 0.747. The van der Waals surface area contributed by atoms with E-state index in [1.807, 2.05) is 36.4 Å². The summed E-state index contributed by atoms with van der Waals surface area (Å²) in [5, 5.41) is 0. The Kier molecular flexibility index (Phi) is 2.57. The van der Waals surface area contributed by atoms with Crippen LogP contribution in [0.3, 0.4) is 0 Å². The van der Waals surface area contributed by atoms with Crippen LogP contribution in [0.4, 0.5) is 0 Å². The highest BCUT2D eigenvalue weighted by atomic mass is 16.6. The van der Waals surface area contributed by atoms with E-state index in [0.717, 1.165) is 11.3 Å². The molecule has 2 aromatic rings. The molecule has 0 unspecified atom stereocenters. The van der Waals surface area contributed by atoms with Crippen LogP contribution in [-0.2, 0) is 4.74 Å². The van der Waals surface area contributed by atoms with Crippen LogP contribution in [0.25, 0.3) is 0 Å². The molecular formula is C15H14O2. The van der Waals surface area contributed by atoms with E-state index in [-0.39, 0.29) is 12.2 Å². The predicted molar refractivity (Wildman–Crippen MR) is 66.0 cm³/mol. The lowest BCUT2D eigenvalue weighted by atomic mass is 10.0. The van der Waals surface area contributed by atoms with E-state index < -0.39 is 0 Å². The Morgan fingerprint density at radius 1 is 0.882 bits per heavy atom. The van der Waals surface area contributed by atoms with Crippen LogP contribution in [0.5, 0.6) is 5.75 Å². The zero-order chi connectivity index (χ0) is 11.7. The fraction of sp³-hybridized carbons (Fsp3) is 0.200. The normalized spacial score (nSPS) is 22.2.